The molecule has 1 atom stereocenters. The molecule has 2 N–H and O–H groups in total. The van der Waals surface area contributed by atoms with Gasteiger partial charge in [-0.25, -0.2) is 8.98 Å². The van der Waals surface area contributed by atoms with Crippen molar-refractivity contribution in [2.75, 3.05) is 0 Å². The summed E-state index contributed by atoms with van der Waals surface area (Å²) in [6.07, 6.45) is 4.04. The van der Waals surface area contributed by atoms with Crippen LogP contribution >= 0.6 is 0 Å². The number of nitrogens with one attached hydrogen (secondary N) is 1. The van der Waals surface area contributed by atoms with Crippen LogP contribution in [-0.4, -0.2) is 22.5 Å². The van der Waals surface area contributed by atoms with Crippen molar-refractivity contribution in [1.82, 2.24) is 9.55 Å². The maximum absolute atomic E-state index is 12.7. The van der Waals surface area contributed by atoms with Gasteiger partial charge in [0, 0.05) is 11.7 Å². The van der Waals surface area contributed by atoms with Crippen LogP contribution in [0.5, 0.6) is 0 Å². The van der Waals surface area contributed by atoms with Crippen LogP contribution in [0.25, 0.3) is 0 Å². The first-order valence-electron chi connectivity index (χ1n) is 7.40. The molecule has 1 heterocycles. The first kappa shape index (κ1) is 15.4. The van der Waals surface area contributed by atoms with Crippen molar-refractivity contribution < 1.29 is 17.2 Å². The molecular weight excluding hydrogens is 312 g/mol. The minimum Gasteiger partial charge on any atom is -0.311 e. The van der Waals surface area contributed by atoms with Gasteiger partial charge < -0.3 is 4.98 Å². The highest BCUT2D eigenvalue weighted by Crippen LogP contribution is 2.32. The number of nitrogens with zero attached hydrogens (tertiary/aromatic N) is 1. The number of fused-ring (bicyclic) bond motifs is 1. The van der Waals surface area contributed by atoms with Crippen molar-refractivity contribution in [1.29, 1.82) is 0 Å². The second-order valence-corrected chi connectivity index (χ2v) is 6.89. The second-order valence-electron chi connectivity index (χ2n) is 5.84. The molecule has 2 aliphatic carbocycles. The molecule has 1 saturated carbocycles. The van der Waals surface area contributed by atoms with Crippen LogP contribution in [0.3, 0.4) is 0 Å². The zero-order valence-electron chi connectivity index (χ0n) is 11.9. The molecule has 3 rings (SSSR count). The topological polar surface area (TPSA) is 118 Å². The molecule has 0 bridgehead atoms. The Morgan fingerprint density at radius 2 is 1.82 bits per heavy atom. The van der Waals surface area contributed by atoms with Gasteiger partial charge in [-0.2, -0.15) is 8.42 Å². The van der Waals surface area contributed by atoms with Crippen LogP contribution in [0.15, 0.2) is 9.59 Å². The largest absolute Gasteiger partial charge is 0.397 e. The zero-order chi connectivity index (χ0) is 15.9. The third-order valence-corrected chi connectivity index (χ3v) is 4.88. The Hall–Kier alpha value is -1.45. The van der Waals surface area contributed by atoms with Gasteiger partial charge in [-0.15, -0.1) is 0 Å². The van der Waals surface area contributed by atoms with E-state index in [1.807, 2.05) is 0 Å². The van der Waals surface area contributed by atoms with E-state index in [-0.39, 0.29) is 18.0 Å². The highest BCUT2D eigenvalue weighted by Gasteiger charge is 2.33. The third kappa shape index (κ3) is 2.88. The van der Waals surface area contributed by atoms with E-state index in [4.69, 9.17) is 4.55 Å². The van der Waals surface area contributed by atoms with Gasteiger partial charge in [0.2, 0.25) is 0 Å². The number of H-pyrrole nitrogens is 1. The van der Waals surface area contributed by atoms with Crippen LogP contribution in [-0.2, 0) is 21.0 Å². The van der Waals surface area contributed by atoms with Crippen molar-refractivity contribution in [3.8, 4) is 0 Å². The molecule has 0 saturated heterocycles. The standard InChI is InChI=1S/C13H18N2O6S/c16-12-11-9(6-7-10(11)21-22(18,19)20)14-13(17)15(12)8-4-2-1-3-5-8/h8,10H,1-7H2,(H,14,17)(H,18,19,20). The molecule has 8 nitrogen and oxygen atoms in total. The number of hydrogen-bond donors (Lipinski definition) is 2. The van der Waals surface area contributed by atoms with Crippen molar-refractivity contribution in [3.05, 3.63) is 32.1 Å². The average molecular weight is 330 g/mol. The number of aromatic nitrogens is 2. The van der Waals surface area contributed by atoms with Gasteiger partial charge in [-0.3, -0.25) is 13.9 Å². The van der Waals surface area contributed by atoms with E-state index in [0.29, 0.717) is 12.1 Å². The third-order valence-electron chi connectivity index (χ3n) is 4.41. The maximum Gasteiger partial charge on any atom is 0.397 e. The highest BCUT2D eigenvalue weighted by molar-refractivity contribution is 7.80. The van der Waals surface area contributed by atoms with Crippen LogP contribution in [0.4, 0.5) is 0 Å². The predicted molar refractivity (Wildman–Crippen MR) is 77.1 cm³/mol. The van der Waals surface area contributed by atoms with Crippen molar-refractivity contribution in [2.45, 2.75) is 57.1 Å². The molecule has 0 radical (unpaired) electrons. The number of rotatable bonds is 3. The molecule has 1 unspecified atom stereocenters. The van der Waals surface area contributed by atoms with Gasteiger partial charge in [0.15, 0.2) is 0 Å². The summed E-state index contributed by atoms with van der Waals surface area (Å²) >= 11 is 0. The molecule has 1 aromatic rings. The molecule has 1 aromatic heterocycles. The van der Waals surface area contributed by atoms with E-state index >= 15 is 0 Å². The molecule has 0 aromatic carbocycles. The lowest BCUT2D eigenvalue weighted by molar-refractivity contribution is 0.183. The molecule has 1 fully saturated rings. The van der Waals surface area contributed by atoms with Crippen molar-refractivity contribution >= 4 is 10.4 Å². The average Bonchev–Trinajstić information content (AvgIpc) is 2.81. The Kier molecular flexibility index (Phi) is 3.96. The van der Waals surface area contributed by atoms with Crippen molar-refractivity contribution in [3.63, 3.8) is 0 Å². The lowest BCUT2D eigenvalue weighted by Gasteiger charge is -2.23. The SMILES string of the molecule is O=c1[nH]c2c(c(=O)n1C1CCCCC1)C(OS(=O)(=O)O)CC2. The fraction of sp³-hybridized carbons (Fsp3) is 0.692. The first-order chi connectivity index (χ1) is 10.4. The molecule has 0 spiro atoms. The van der Waals surface area contributed by atoms with Gasteiger partial charge in [-0.1, -0.05) is 19.3 Å². The lowest BCUT2D eigenvalue weighted by atomic mass is 9.95. The summed E-state index contributed by atoms with van der Waals surface area (Å²) < 4.78 is 36.4. The second kappa shape index (κ2) is 5.64. The Labute approximate surface area is 127 Å². The molecule has 9 heteroatoms. The summed E-state index contributed by atoms with van der Waals surface area (Å²) in [6, 6.07) is -0.165. The molecule has 22 heavy (non-hydrogen) atoms. The number of aryl methyl sites for hydroxylation is 1. The summed E-state index contributed by atoms with van der Waals surface area (Å²) in [5.41, 5.74) is -0.418. The first-order valence-corrected chi connectivity index (χ1v) is 8.76. The van der Waals surface area contributed by atoms with Crippen LogP contribution in [0.1, 0.15) is 61.9 Å². The Balaban J connectivity index is 2.06. The van der Waals surface area contributed by atoms with E-state index in [2.05, 4.69) is 9.17 Å². The van der Waals surface area contributed by atoms with E-state index < -0.39 is 27.8 Å². The normalized spacial score (nSPS) is 22.7. The molecule has 2 aliphatic rings. The quantitative estimate of drug-likeness (QED) is 0.793. The van der Waals surface area contributed by atoms with Crippen LogP contribution in [0, 0.1) is 0 Å². The van der Waals surface area contributed by atoms with Gasteiger partial charge in [0.05, 0.1) is 5.56 Å². The van der Waals surface area contributed by atoms with E-state index in [0.717, 1.165) is 32.1 Å². The summed E-state index contributed by atoms with van der Waals surface area (Å²) in [7, 11) is -4.66. The predicted octanol–water partition coefficient (Wildman–Crippen LogP) is 0.849. The monoisotopic (exact) mass is 330 g/mol. The summed E-state index contributed by atoms with van der Waals surface area (Å²) in [4.78, 5) is 27.5. The van der Waals surface area contributed by atoms with Crippen LogP contribution in [0.2, 0.25) is 0 Å². The summed E-state index contributed by atoms with van der Waals surface area (Å²) in [5.74, 6) is 0. The van der Waals surface area contributed by atoms with E-state index in [1.165, 1.54) is 4.57 Å². The van der Waals surface area contributed by atoms with Gasteiger partial charge in [-0.05, 0) is 25.7 Å². The maximum atomic E-state index is 12.7. The Bertz CT molecular complexity index is 788. The Morgan fingerprint density at radius 3 is 2.45 bits per heavy atom. The zero-order valence-corrected chi connectivity index (χ0v) is 12.8. The fourth-order valence-corrected chi connectivity index (χ4v) is 3.96. The van der Waals surface area contributed by atoms with Gasteiger partial charge >= 0.3 is 16.1 Å². The summed E-state index contributed by atoms with van der Waals surface area (Å²) in [5, 5.41) is 0. The number of aromatic amines is 1. The van der Waals surface area contributed by atoms with Crippen LogP contribution < -0.4 is 11.2 Å². The minimum absolute atomic E-state index is 0.141. The minimum atomic E-state index is -4.66. The number of hydrogen-bond acceptors (Lipinski definition) is 5. The van der Waals surface area contributed by atoms with Gasteiger partial charge in [0.25, 0.3) is 5.56 Å². The lowest BCUT2D eigenvalue weighted by Crippen LogP contribution is -2.41. The Morgan fingerprint density at radius 1 is 1.14 bits per heavy atom. The van der Waals surface area contributed by atoms with Crippen molar-refractivity contribution in [2.24, 2.45) is 0 Å². The van der Waals surface area contributed by atoms with Gasteiger partial charge in [0.1, 0.15) is 6.10 Å². The molecule has 0 aliphatic heterocycles. The van der Waals surface area contributed by atoms with E-state index in [1.54, 1.807) is 0 Å². The van der Waals surface area contributed by atoms with E-state index in [9.17, 15) is 18.0 Å². The molecule has 0 amide bonds. The smallest absolute Gasteiger partial charge is 0.311 e. The summed E-state index contributed by atoms with van der Waals surface area (Å²) in [6.45, 7) is 0. The fourth-order valence-electron chi connectivity index (χ4n) is 3.47. The molecule has 122 valence electrons. The molecular formula is C13H18N2O6S. The highest BCUT2D eigenvalue weighted by atomic mass is 32.3.